The summed E-state index contributed by atoms with van der Waals surface area (Å²) in [5, 5.41) is 11.4. The molecule has 2 aromatic rings. The van der Waals surface area contributed by atoms with Gasteiger partial charge in [-0.15, -0.1) is 0 Å². The van der Waals surface area contributed by atoms with Crippen LogP contribution in [0.5, 0.6) is 0 Å². The number of amides is 1. The average molecular weight is 243 g/mol. The van der Waals surface area contributed by atoms with Crippen LogP contribution < -0.4 is 5.32 Å². The number of anilines is 1. The number of furan rings is 1. The summed E-state index contributed by atoms with van der Waals surface area (Å²) in [5.74, 6) is -0.0189. The van der Waals surface area contributed by atoms with Gasteiger partial charge in [-0.25, -0.2) is 0 Å². The highest BCUT2D eigenvalue weighted by atomic mass is 16.3. The van der Waals surface area contributed by atoms with Gasteiger partial charge in [-0.05, 0) is 29.8 Å². The van der Waals surface area contributed by atoms with Crippen LogP contribution in [0.4, 0.5) is 5.69 Å². The van der Waals surface area contributed by atoms with E-state index in [1.165, 1.54) is 6.26 Å². The van der Waals surface area contributed by atoms with Gasteiger partial charge in [0.25, 0.3) is 5.91 Å². The molecule has 92 valence electrons. The normalized spacial score (nSPS) is 10.7. The molecule has 4 heteroatoms. The lowest BCUT2D eigenvalue weighted by Crippen LogP contribution is -2.10. The summed E-state index contributed by atoms with van der Waals surface area (Å²) < 4.78 is 5.00. The Hall–Kier alpha value is -2.33. The minimum absolute atomic E-state index is 0.0109. The third-order valence-electron chi connectivity index (χ3n) is 2.31. The molecule has 1 aromatic heterocycles. The predicted molar refractivity (Wildman–Crippen MR) is 69.2 cm³/mol. The van der Waals surface area contributed by atoms with Crippen LogP contribution in [0, 0.1) is 0 Å². The van der Waals surface area contributed by atoms with E-state index >= 15 is 0 Å². The Kier molecular flexibility index (Phi) is 3.94. The Morgan fingerprint density at radius 1 is 1.33 bits per heavy atom. The van der Waals surface area contributed by atoms with Gasteiger partial charge in [0, 0.05) is 5.69 Å². The molecular weight excluding hydrogens is 230 g/mol. The predicted octanol–water partition coefficient (Wildman–Crippen LogP) is 2.54. The van der Waals surface area contributed by atoms with Gasteiger partial charge in [0.05, 0.1) is 12.9 Å². The first kappa shape index (κ1) is 12.1. The first-order chi connectivity index (χ1) is 8.79. The fourth-order valence-electron chi connectivity index (χ4n) is 1.51. The van der Waals surface area contributed by atoms with E-state index in [0.29, 0.717) is 5.69 Å². The van der Waals surface area contributed by atoms with Crippen LogP contribution in [-0.4, -0.2) is 17.6 Å². The molecule has 0 radical (unpaired) electrons. The molecule has 0 bridgehead atoms. The van der Waals surface area contributed by atoms with Crippen LogP contribution >= 0.6 is 0 Å². The lowest BCUT2D eigenvalue weighted by molar-refractivity contribution is 0.0996. The van der Waals surface area contributed by atoms with E-state index in [-0.39, 0.29) is 18.3 Å². The number of hydrogen-bond donors (Lipinski definition) is 2. The molecule has 18 heavy (non-hydrogen) atoms. The minimum Gasteiger partial charge on any atom is -0.459 e. The number of carbonyl (C=O) groups excluding carboxylic acids is 1. The van der Waals surface area contributed by atoms with E-state index in [9.17, 15) is 4.79 Å². The Labute approximate surface area is 105 Å². The topological polar surface area (TPSA) is 62.5 Å². The molecule has 0 aliphatic rings. The first-order valence-electron chi connectivity index (χ1n) is 5.52. The van der Waals surface area contributed by atoms with Gasteiger partial charge in [-0.2, -0.15) is 0 Å². The Bertz CT molecular complexity index is 544. The Balaban J connectivity index is 2.10. The minimum atomic E-state index is -0.289. The fraction of sp³-hybridized carbons (Fsp3) is 0.0714. The molecule has 0 fully saturated rings. The van der Waals surface area contributed by atoms with E-state index in [1.807, 2.05) is 18.2 Å². The highest BCUT2D eigenvalue weighted by Crippen LogP contribution is 2.13. The maximum atomic E-state index is 11.7. The van der Waals surface area contributed by atoms with Crippen molar-refractivity contribution in [1.29, 1.82) is 0 Å². The average Bonchev–Trinajstić information content (AvgIpc) is 2.91. The molecule has 0 unspecified atom stereocenters. The zero-order chi connectivity index (χ0) is 12.8. The summed E-state index contributed by atoms with van der Waals surface area (Å²) >= 11 is 0. The highest BCUT2D eigenvalue weighted by Gasteiger charge is 2.08. The van der Waals surface area contributed by atoms with Crippen LogP contribution in [0.3, 0.4) is 0 Å². The van der Waals surface area contributed by atoms with Gasteiger partial charge < -0.3 is 14.8 Å². The number of aliphatic hydroxyl groups excluding tert-OH is 1. The van der Waals surface area contributed by atoms with Crippen molar-refractivity contribution < 1.29 is 14.3 Å². The van der Waals surface area contributed by atoms with Gasteiger partial charge in [0.1, 0.15) is 0 Å². The van der Waals surface area contributed by atoms with Gasteiger partial charge in [-0.1, -0.05) is 24.3 Å². The second-order valence-corrected chi connectivity index (χ2v) is 3.64. The molecule has 1 amide bonds. The summed E-state index contributed by atoms with van der Waals surface area (Å²) in [6, 6.07) is 10.6. The van der Waals surface area contributed by atoms with Gasteiger partial charge >= 0.3 is 0 Å². The fourth-order valence-corrected chi connectivity index (χ4v) is 1.51. The Morgan fingerprint density at radius 2 is 2.22 bits per heavy atom. The van der Waals surface area contributed by atoms with E-state index in [0.717, 1.165) is 5.56 Å². The van der Waals surface area contributed by atoms with Crippen LogP contribution in [0.2, 0.25) is 0 Å². The monoisotopic (exact) mass is 243 g/mol. The molecule has 2 N–H and O–H groups in total. The van der Waals surface area contributed by atoms with Gasteiger partial charge in [0.15, 0.2) is 5.76 Å². The number of benzene rings is 1. The lowest BCUT2D eigenvalue weighted by atomic mass is 10.2. The zero-order valence-electron chi connectivity index (χ0n) is 9.67. The van der Waals surface area contributed by atoms with Crippen molar-refractivity contribution in [2.45, 2.75) is 0 Å². The molecule has 0 saturated carbocycles. The van der Waals surface area contributed by atoms with Crippen molar-refractivity contribution in [2.24, 2.45) is 0 Å². The van der Waals surface area contributed by atoms with Crippen molar-refractivity contribution in [3.63, 3.8) is 0 Å². The second-order valence-electron chi connectivity index (χ2n) is 3.64. The van der Waals surface area contributed by atoms with Crippen LogP contribution in [0.15, 0.2) is 53.2 Å². The van der Waals surface area contributed by atoms with E-state index in [2.05, 4.69) is 5.32 Å². The van der Waals surface area contributed by atoms with Gasteiger partial charge in [-0.3, -0.25) is 4.79 Å². The summed E-state index contributed by atoms with van der Waals surface area (Å²) in [6.45, 7) is -0.0109. The van der Waals surface area contributed by atoms with Crippen LogP contribution in [0.1, 0.15) is 16.1 Å². The molecule has 0 spiro atoms. The number of nitrogens with one attached hydrogen (secondary N) is 1. The van der Waals surface area contributed by atoms with E-state index < -0.39 is 0 Å². The lowest BCUT2D eigenvalue weighted by Gasteiger charge is -2.04. The molecule has 1 heterocycles. The highest BCUT2D eigenvalue weighted by molar-refractivity contribution is 6.02. The molecule has 1 aromatic carbocycles. The third-order valence-corrected chi connectivity index (χ3v) is 2.31. The number of rotatable bonds is 4. The molecular formula is C14H13NO3. The SMILES string of the molecule is O=C(Nc1cccc(C=CCO)c1)c1ccco1. The van der Waals surface area contributed by atoms with Crippen molar-refractivity contribution >= 4 is 17.7 Å². The Morgan fingerprint density at radius 3 is 2.94 bits per heavy atom. The maximum Gasteiger partial charge on any atom is 0.291 e. The van der Waals surface area contributed by atoms with Crippen molar-refractivity contribution in [1.82, 2.24) is 0 Å². The molecule has 0 saturated heterocycles. The largest absolute Gasteiger partial charge is 0.459 e. The molecule has 4 nitrogen and oxygen atoms in total. The summed E-state index contributed by atoms with van der Waals surface area (Å²) in [4.78, 5) is 11.7. The van der Waals surface area contributed by atoms with E-state index in [1.54, 1.807) is 30.4 Å². The number of aliphatic hydroxyl groups is 1. The van der Waals surface area contributed by atoms with Gasteiger partial charge in [0.2, 0.25) is 0 Å². The number of hydrogen-bond acceptors (Lipinski definition) is 3. The second kappa shape index (κ2) is 5.84. The summed E-state index contributed by atoms with van der Waals surface area (Å²) in [7, 11) is 0. The molecule has 2 rings (SSSR count). The van der Waals surface area contributed by atoms with Crippen LogP contribution in [0.25, 0.3) is 6.08 Å². The first-order valence-corrected chi connectivity index (χ1v) is 5.52. The van der Waals surface area contributed by atoms with E-state index in [4.69, 9.17) is 9.52 Å². The summed E-state index contributed by atoms with van der Waals surface area (Å²) in [5.41, 5.74) is 1.58. The van der Waals surface area contributed by atoms with Crippen molar-refractivity contribution in [2.75, 3.05) is 11.9 Å². The van der Waals surface area contributed by atoms with Crippen LogP contribution in [-0.2, 0) is 0 Å². The standard InChI is InChI=1S/C14H13NO3/c16-8-2-5-11-4-1-6-12(10-11)15-14(17)13-7-3-9-18-13/h1-7,9-10,16H,8H2,(H,15,17). The maximum absolute atomic E-state index is 11.7. The number of carbonyl (C=O) groups is 1. The summed E-state index contributed by atoms with van der Waals surface area (Å²) in [6.07, 6.45) is 4.87. The van der Waals surface area contributed by atoms with Crippen molar-refractivity contribution in [3.8, 4) is 0 Å². The smallest absolute Gasteiger partial charge is 0.291 e. The third kappa shape index (κ3) is 3.09. The quantitative estimate of drug-likeness (QED) is 0.867. The van der Waals surface area contributed by atoms with Crippen molar-refractivity contribution in [3.05, 3.63) is 60.1 Å². The molecule has 0 atom stereocenters. The molecule has 0 aliphatic heterocycles. The molecule has 0 aliphatic carbocycles. The zero-order valence-corrected chi connectivity index (χ0v) is 9.67.